The van der Waals surface area contributed by atoms with Gasteiger partial charge in [-0.3, -0.25) is 0 Å². The molecule has 0 amide bonds. The summed E-state index contributed by atoms with van der Waals surface area (Å²) < 4.78 is 0. The topological polar surface area (TPSA) is 20.2 Å². The third-order valence-corrected chi connectivity index (χ3v) is 1.57. The van der Waals surface area contributed by atoms with Gasteiger partial charge in [-0.2, -0.15) is 0 Å². The summed E-state index contributed by atoms with van der Waals surface area (Å²) in [7, 11) is 0. The highest BCUT2D eigenvalue weighted by Crippen LogP contribution is 2.22. The third-order valence-electron chi connectivity index (χ3n) is 1.34. The molecule has 0 aliphatic heterocycles. The highest BCUT2D eigenvalue weighted by atomic mass is 35.5. The molecule has 0 aliphatic carbocycles. The second-order valence-electron chi connectivity index (χ2n) is 2.20. The van der Waals surface area contributed by atoms with Gasteiger partial charge in [0.2, 0.25) is 0 Å². The second-order valence-corrected chi connectivity index (χ2v) is 2.64. The van der Waals surface area contributed by atoms with E-state index in [9.17, 15) is 5.11 Å². The van der Waals surface area contributed by atoms with Gasteiger partial charge in [-0.1, -0.05) is 23.8 Å². The number of aromatic hydroxyl groups is 1. The van der Waals surface area contributed by atoms with E-state index in [1.165, 1.54) is 0 Å². The molecule has 0 spiro atoms. The smallest absolute Gasteiger partial charge is 0.122 e. The molecule has 0 fully saturated rings. The summed E-state index contributed by atoms with van der Waals surface area (Å²) in [5.41, 5.74) is 0.750. The van der Waals surface area contributed by atoms with Crippen molar-refractivity contribution in [2.45, 2.75) is 6.92 Å². The summed E-state index contributed by atoms with van der Waals surface area (Å²) in [4.78, 5) is 0. The molecule has 0 radical (unpaired) electrons. The van der Waals surface area contributed by atoms with Gasteiger partial charge in [-0.05, 0) is 25.1 Å². The van der Waals surface area contributed by atoms with E-state index < -0.39 is 0 Å². The molecule has 1 nitrogen and oxygen atoms in total. The maximum absolute atomic E-state index is 9.26. The second kappa shape index (κ2) is 3.44. The molecule has 0 bridgehead atoms. The normalized spacial score (nSPS) is 10.7. The Balaban J connectivity index is 3.12. The first-order valence-electron chi connectivity index (χ1n) is 3.35. The fourth-order valence-electron chi connectivity index (χ4n) is 0.838. The van der Waals surface area contributed by atoms with Gasteiger partial charge >= 0.3 is 0 Å². The third kappa shape index (κ3) is 1.99. The van der Waals surface area contributed by atoms with Crippen molar-refractivity contribution in [3.05, 3.63) is 34.9 Å². The number of halogens is 1. The predicted octanol–water partition coefficient (Wildman–Crippen LogP) is 3.08. The van der Waals surface area contributed by atoms with Crippen molar-refractivity contribution >= 4 is 17.7 Å². The zero-order chi connectivity index (χ0) is 8.27. The van der Waals surface area contributed by atoms with Crippen LogP contribution in [0.15, 0.2) is 24.3 Å². The van der Waals surface area contributed by atoms with Crippen molar-refractivity contribution < 1.29 is 5.11 Å². The van der Waals surface area contributed by atoms with Gasteiger partial charge in [-0.15, -0.1) is 0 Å². The molecule has 1 N–H and O–H groups in total. The SMILES string of the molecule is C/C=C/c1cc(Cl)ccc1O. The van der Waals surface area contributed by atoms with Gasteiger partial charge in [0, 0.05) is 10.6 Å². The molecular weight excluding hydrogens is 160 g/mol. The van der Waals surface area contributed by atoms with Crippen molar-refractivity contribution in [2.24, 2.45) is 0 Å². The zero-order valence-corrected chi connectivity index (χ0v) is 6.97. The standard InChI is InChI=1S/C9H9ClO/c1-2-3-7-6-8(10)4-5-9(7)11/h2-6,11H,1H3/b3-2+. The monoisotopic (exact) mass is 168 g/mol. The summed E-state index contributed by atoms with van der Waals surface area (Å²) >= 11 is 5.71. The molecule has 11 heavy (non-hydrogen) atoms. The Kier molecular flexibility index (Phi) is 2.55. The number of allylic oxidation sites excluding steroid dienone is 1. The Morgan fingerprint density at radius 1 is 1.45 bits per heavy atom. The fraction of sp³-hybridized carbons (Fsp3) is 0.111. The minimum absolute atomic E-state index is 0.257. The molecule has 0 saturated heterocycles. The largest absolute Gasteiger partial charge is 0.507 e. The lowest BCUT2D eigenvalue weighted by molar-refractivity contribution is 0.474. The van der Waals surface area contributed by atoms with Crippen LogP contribution in [0.3, 0.4) is 0 Å². The molecule has 0 unspecified atom stereocenters. The van der Waals surface area contributed by atoms with Crippen LogP contribution in [0.1, 0.15) is 12.5 Å². The van der Waals surface area contributed by atoms with E-state index >= 15 is 0 Å². The summed E-state index contributed by atoms with van der Waals surface area (Å²) in [6, 6.07) is 4.96. The number of benzene rings is 1. The summed E-state index contributed by atoms with van der Waals surface area (Å²) in [5, 5.41) is 9.89. The molecule has 0 aliphatic rings. The van der Waals surface area contributed by atoms with Crippen molar-refractivity contribution in [3.8, 4) is 5.75 Å². The lowest BCUT2D eigenvalue weighted by atomic mass is 10.2. The van der Waals surface area contributed by atoms with Crippen molar-refractivity contribution in [1.29, 1.82) is 0 Å². The number of hydrogen-bond acceptors (Lipinski definition) is 1. The number of hydrogen-bond donors (Lipinski definition) is 1. The lowest BCUT2D eigenvalue weighted by Gasteiger charge is -1.97. The quantitative estimate of drug-likeness (QED) is 0.684. The molecule has 1 rings (SSSR count). The van der Waals surface area contributed by atoms with Gasteiger partial charge in [0.1, 0.15) is 5.75 Å². The van der Waals surface area contributed by atoms with Gasteiger partial charge in [0.25, 0.3) is 0 Å². The highest BCUT2D eigenvalue weighted by molar-refractivity contribution is 6.30. The Hall–Kier alpha value is -0.950. The van der Waals surface area contributed by atoms with E-state index in [0.717, 1.165) is 5.56 Å². The van der Waals surface area contributed by atoms with E-state index in [2.05, 4.69) is 0 Å². The van der Waals surface area contributed by atoms with Crippen LogP contribution < -0.4 is 0 Å². The van der Waals surface area contributed by atoms with Crippen molar-refractivity contribution in [2.75, 3.05) is 0 Å². The van der Waals surface area contributed by atoms with Crippen LogP contribution in [0.4, 0.5) is 0 Å². The minimum Gasteiger partial charge on any atom is -0.507 e. The van der Waals surface area contributed by atoms with Crippen LogP contribution in [0, 0.1) is 0 Å². The van der Waals surface area contributed by atoms with Crippen LogP contribution in [0.5, 0.6) is 5.75 Å². The van der Waals surface area contributed by atoms with Crippen LogP contribution in [-0.4, -0.2) is 5.11 Å². The number of phenols is 1. The summed E-state index contributed by atoms with van der Waals surface area (Å²) in [5.74, 6) is 0.257. The fourth-order valence-corrected chi connectivity index (χ4v) is 1.02. The zero-order valence-electron chi connectivity index (χ0n) is 6.21. The molecule has 0 aromatic heterocycles. The van der Waals surface area contributed by atoms with Crippen LogP contribution in [0.2, 0.25) is 5.02 Å². The lowest BCUT2D eigenvalue weighted by Crippen LogP contribution is -1.73. The first-order valence-corrected chi connectivity index (χ1v) is 3.73. The van der Waals surface area contributed by atoms with Crippen molar-refractivity contribution in [3.63, 3.8) is 0 Å². The van der Waals surface area contributed by atoms with Gasteiger partial charge in [0.05, 0.1) is 0 Å². The first kappa shape index (κ1) is 8.15. The van der Waals surface area contributed by atoms with Crippen LogP contribution >= 0.6 is 11.6 Å². The number of phenolic OH excluding ortho intramolecular Hbond substituents is 1. The van der Waals surface area contributed by atoms with E-state index in [4.69, 9.17) is 11.6 Å². The van der Waals surface area contributed by atoms with Gasteiger partial charge in [0.15, 0.2) is 0 Å². The summed E-state index contributed by atoms with van der Waals surface area (Å²) in [6.07, 6.45) is 3.66. The molecule has 0 atom stereocenters. The molecule has 1 aromatic carbocycles. The molecule has 2 heteroatoms. The van der Waals surface area contributed by atoms with Gasteiger partial charge in [-0.25, -0.2) is 0 Å². The van der Waals surface area contributed by atoms with E-state index in [1.54, 1.807) is 24.3 Å². The Bertz CT molecular complexity index is 279. The molecule has 58 valence electrons. The van der Waals surface area contributed by atoms with E-state index in [0.29, 0.717) is 5.02 Å². The van der Waals surface area contributed by atoms with E-state index in [1.807, 2.05) is 13.0 Å². The maximum Gasteiger partial charge on any atom is 0.122 e. The minimum atomic E-state index is 0.257. The Labute approximate surface area is 70.9 Å². The summed E-state index contributed by atoms with van der Waals surface area (Å²) in [6.45, 7) is 1.89. The van der Waals surface area contributed by atoms with E-state index in [-0.39, 0.29) is 5.75 Å². The predicted molar refractivity (Wildman–Crippen MR) is 47.8 cm³/mol. The first-order chi connectivity index (χ1) is 5.24. The molecular formula is C9H9ClO. The van der Waals surface area contributed by atoms with Gasteiger partial charge < -0.3 is 5.11 Å². The molecule has 1 aromatic rings. The highest BCUT2D eigenvalue weighted by Gasteiger charge is 1.96. The Morgan fingerprint density at radius 3 is 2.82 bits per heavy atom. The van der Waals surface area contributed by atoms with Crippen molar-refractivity contribution in [1.82, 2.24) is 0 Å². The molecule has 0 heterocycles. The average Bonchev–Trinajstić information content (AvgIpc) is 1.98. The molecule has 0 saturated carbocycles. The number of rotatable bonds is 1. The van der Waals surface area contributed by atoms with Crippen LogP contribution in [-0.2, 0) is 0 Å². The average molecular weight is 169 g/mol. The van der Waals surface area contributed by atoms with Crippen LogP contribution in [0.25, 0.3) is 6.08 Å². The Morgan fingerprint density at radius 2 is 2.18 bits per heavy atom. The maximum atomic E-state index is 9.26.